The Hall–Kier alpha value is -1.91. The molecule has 0 bridgehead atoms. The molecular formula is C15H17F2N3. The van der Waals surface area contributed by atoms with Gasteiger partial charge in [-0.15, -0.1) is 0 Å². The lowest BCUT2D eigenvalue weighted by atomic mass is 10.1. The van der Waals surface area contributed by atoms with Crippen LogP contribution in [0.25, 0.3) is 11.3 Å². The number of nitrogen functional groups attached to an aromatic ring is 1. The number of nitrogens with zero attached hydrogens (tertiary/aromatic N) is 2. The van der Waals surface area contributed by atoms with E-state index in [1.54, 1.807) is 0 Å². The van der Waals surface area contributed by atoms with Gasteiger partial charge in [-0.2, -0.15) is 0 Å². The summed E-state index contributed by atoms with van der Waals surface area (Å²) in [4.78, 5) is 4.50. The van der Waals surface area contributed by atoms with E-state index >= 15 is 0 Å². The first-order chi connectivity index (χ1) is 9.50. The Morgan fingerprint density at radius 1 is 1.30 bits per heavy atom. The lowest BCUT2D eigenvalue weighted by molar-refractivity contribution is 0.511. The van der Waals surface area contributed by atoms with E-state index in [2.05, 4.69) is 4.98 Å². The molecule has 3 rings (SSSR count). The standard InChI is InChI=1S/C15H17F2N3/c1-8(2)20-14(18)13(19-15(20)9-6-7-9)10-4-3-5-11(16)12(10)17/h3-5,8-9H,6-7,18H2,1-2H3. The van der Waals surface area contributed by atoms with Gasteiger partial charge in [-0.3, -0.25) is 0 Å². The molecule has 1 saturated carbocycles. The molecule has 0 saturated heterocycles. The number of halogens is 2. The van der Waals surface area contributed by atoms with Crippen molar-refractivity contribution in [1.82, 2.24) is 9.55 Å². The Balaban J connectivity index is 2.19. The van der Waals surface area contributed by atoms with Crippen LogP contribution < -0.4 is 5.73 Å². The second-order valence-corrected chi connectivity index (χ2v) is 5.54. The first-order valence-electron chi connectivity index (χ1n) is 6.82. The summed E-state index contributed by atoms with van der Waals surface area (Å²) in [5.41, 5.74) is 6.61. The first-order valence-corrected chi connectivity index (χ1v) is 6.82. The fourth-order valence-corrected chi connectivity index (χ4v) is 2.52. The highest BCUT2D eigenvalue weighted by Gasteiger charge is 2.32. The summed E-state index contributed by atoms with van der Waals surface area (Å²) in [5, 5.41) is 0. The molecule has 1 fully saturated rings. The van der Waals surface area contributed by atoms with Gasteiger partial charge in [0.1, 0.15) is 17.3 Å². The van der Waals surface area contributed by atoms with Gasteiger partial charge < -0.3 is 10.3 Å². The quantitative estimate of drug-likeness (QED) is 0.925. The van der Waals surface area contributed by atoms with Gasteiger partial charge in [0.25, 0.3) is 0 Å². The van der Waals surface area contributed by atoms with E-state index in [4.69, 9.17) is 5.73 Å². The van der Waals surface area contributed by atoms with Gasteiger partial charge in [0, 0.05) is 17.5 Å². The zero-order valence-electron chi connectivity index (χ0n) is 11.5. The molecule has 0 amide bonds. The number of anilines is 1. The Kier molecular flexibility index (Phi) is 3.00. The normalized spacial score (nSPS) is 15.1. The van der Waals surface area contributed by atoms with Crippen LogP contribution in [0, 0.1) is 11.6 Å². The van der Waals surface area contributed by atoms with Crippen molar-refractivity contribution in [2.45, 2.75) is 38.6 Å². The summed E-state index contributed by atoms with van der Waals surface area (Å²) in [6.45, 7) is 4.02. The number of nitrogens with two attached hydrogens (primary N) is 1. The molecule has 0 radical (unpaired) electrons. The predicted octanol–water partition coefficient (Wildman–Crippen LogP) is 3.87. The zero-order chi connectivity index (χ0) is 14.4. The van der Waals surface area contributed by atoms with Crippen LogP contribution in [0.2, 0.25) is 0 Å². The van der Waals surface area contributed by atoms with E-state index in [-0.39, 0.29) is 11.6 Å². The monoisotopic (exact) mass is 277 g/mol. The van der Waals surface area contributed by atoms with Crippen LogP contribution in [-0.2, 0) is 0 Å². The van der Waals surface area contributed by atoms with Crippen molar-refractivity contribution >= 4 is 5.82 Å². The number of rotatable bonds is 3. The predicted molar refractivity (Wildman–Crippen MR) is 74.4 cm³/mol. The number of benzene rings is 1. The average Bonchev–Trinajstić information content (AvgIpc) is 3.17. The maximum Gasteiger partial charge on any atom is 0.168 e. The molecular weight excluding hydrogens is 260 g/mol. The molecule has 2 N–H and O–H groups in total. The van der Waals surface area contributed by atoms with E-state index in [1.165, 1.54) is 12.1 Å². The van der Waals surface area contributed by atoms with Gasteiger partial charge in [0.15, 0.2) is 11.6 Å². The number of hydrogen-bond donors (Lipinski definition) is 1. The molecule has 0 spiro atoms. The minimum absolute atomic E-state index is 0.129. The Bertz CT molecular complexity index is 657. The van der Waals surface area contributed by atoms with E-state index in [0.29, 0.717) is 17.4 Å². The van der Waals surface area contributed by atoms with Crippen molar-refractivity contribution in [3.05, 3.63) is 35.7 Å². The van der Waals surface area contributed by atoms with Crippen molar-refractivity contribution in [1.29, 1.82) is 0 Å². The van der Waals surface area contributed by atoms with Crippen molar-refractivity contribution < 1.29 is 8.78 Å². The largest absolute Gasteiger partial charge is 0.383 e. The average molecular weight is 277 g/mol. The van der Waals surface area contributed by atoms with E-state index in [1.807, 2.05) is 18.4 Å². The molecule has 3 nitrogen and oxygen atoms in total. The third kappa shape index (κ3) is 1.97. The van der Waals surface area contributed by atoms with E-state index in [0.717, 1.165) is 24.7 Å². The van der Waals surface area contributed by atoms with Crippen LogP contribution in [0.5, 0.6) is 0 Å². The number of aromatic nitrogens is 2. The maximum atomic E-state index is 13.9. The minimum atomic E-state index is -0.894. The highest BCUT2D eigenvalue weighted by Crippen LogP contribution is 2.43. The van der Waals surface area contributed by atoms with Gasteiger partial charge in [-0.1, -0.05) is 6.07 Å². The smallest absolute Gasteiger partial charge is 0.168 e. The second kappa shape index (κ2) is 4.58. The fourth-order valence-electron chi connectivity index (χ4n) is 2.52. The van der Waals surface area contributed by atoms with Gasteiger partial charge in [0.2, 0.25) is 0 Å². The van der Waals surface area contributed by atoms with Gasteiger partial charge in [-0.25, -0.2) is 13.8 Å². The highest BCUT2D eigenvalue weighted by atomic mass is 19.2. The molecule has 5 heteroatoms. The Morgan fingerprint density at radius 2 is 2.00 bits per heavy atom. The van der Waals surface area contributed by atoms with Crippen LogP contribution in [0.3, 0.4) is 0 Å². The molecule has 1 heterocycles. The maximum absolute atomic E-state index is 13.9. The van der Waals surface area contributed by atoms with Crippen LogP contribution in [0.1, 0.15) is 44.5 Å². The van der Waals surface area contributed by atoms with Crippen LogP contribution in [-0.4, -0.2) is 9.55 Å². The first kappa shape index (κ1) is 13.1. The third-order valence-corrected chi connectivity index (χ3v) is 3.64. The van der Waals surface area contributed by atoms with Crippen LogP contribution in [0.15, 0.2) is 18.2 Å². The Morgan fingerprint density at radius 3 is 2.60 bits per heavy atom. The topological polar surface area (TPSA) is 43.8 Å². The molecule has 0 aliphatic heterocycles. The van der Waals surface area contributed by atoms with Crippen molar-refractivity contribution in [3.8, 4) is 11.3 Å². The summed E-state index contributed by atoms with van der Waals surface area (Å²) in [5.74, 6) is -0.0865. The van der Waals surface area contributed by atoms with Crippen molar-refractivity contribution in [2.24, 2.45) is 0 Å². The SMILES string of the molecule is CC(C)n1c(C2CC2)nc(-c2cccc(F)c2F)c1N. The number of imidazole rings is 1. The van der Waals surface area contributed by atoms with Gasteiger partial charge in [-0.05, 0) is 38.8 Å². The molecule has 0 unspecified atom stereocenters. The summed E-state index contributed by atoms with van der Waals surface area (Å²) in [6.07, 6.45) is 2.16. The molecule has 2 aromatic rings. The van der Waals surface area contributed by atoms with Gasteiger partial charge >= 0.3 is 0 Å². The molecule has 1 aliphatic carbocycles. The molecule has 1 aromatic carbocycles. The van der Waals surface area contributed by atoms with Crippen molar-refractivity contribution in [3.63, 3.8) is 0 Å². The molecule has 106 valence electrons. The lowest BCUT2D eigenvalue weighted by Gasteiger charge is -2.13. The summed E-state index contributed by atoms with van der Waals surface area (Å²) >= 11 is 0. The molecule has 0 atom stereocenters. The zero-order valence-corrected chi connectivity index (χ0v) is 11.5. The van der Waals surface area contributed by atoms with E-state index in [9.17, 15) is 8.78 Å². The third-order valence-electron chi connectivity index (χ3n) is 3.64. The Labute approximate surface area is 116 Å². The van der Waals surface area contributed by atoms with Crippen LogP contribution in [0.4, 0.5) is 14.6 Å². The molecule has 1 aliphatic rings. The number of hydrogen-bond acceptors (Lipinski definition) is 2. The van der Waals surface area contributed by atoms with E-state index < -0.39 is 11.6 Å². The van der Waals surface area contributed by atoms with Crippen molar-refractivity contribution in [2.75, 3.05) is 5.73 Å². The second-order valence-electron chi connectivity index (χ2n) is 5.54. The summed E-state index contributed by atoms with van der Waals surface area (Å²) in [6, 6.07) is 4.22. The molecule has 20 heavy (non-hydrogen) atoms. The lowest BCUT2D eigenvalue weighted by Crippen LogP contribution is -2.09. The summed E-state index contributed by atoms with van der Waals surface area (Å²) < 4.78 is 29.3. The summed E-state index contributed by atoms with van der Waals surface area (Å²) in [7, 11) is 0. The molecule has 1 aromatic heterocycles. The van der Waals surface area contributed by atoms with Gasteiger partial charge in [0.05, 0.1) is 0 Å². The highest BCUT2D eigenvalue weighted by molar-refractivity contribution is 5.72. The fraction of sp³-hybridized carbons (Fsp3) is 0.400. The van der Waals surface area contributed by atoms with Crippen LogP contribution >= 0.6 is 0 Å². The minimum Gasteiger partial charge on any atom is -0.383 e.